The van der Waals surface area contributed by atoms with E-state index in [0.29, 0.717) is 6.42 Å². The Morgan fingerprint density at radius 1 is 1.32 bits per heavy atom. The van der Waals surface area contributed by atoms with E-state index in [9.17, 15) is 9.59 Å². The normalized spacial score (nSPS) is 23.6. The zero-order chi connectivity index (χ0) is 13.4. The molecule has 1 aromatic heterocycles. The number of carbonyl (C=O) groups is 1. The van der Waals surface area contributed by atoms with Gasteiger partial charge in [0.2, 0.25) is 0 Å². The van der Waals surface area contributed by atoms with E-state index in [1.807, 2.05) is 24.3 Å². The monoisotopic (exact) mass is 277 g/mol. The van der Waals surface area contributed by atoms with Gasteiger partial charge in [-0.05, 0) is 31.4 Å². The van der Waals surface area contributed by atoms with Crippen LogP contribution in [0.3, 0.4) is 0 Å². The molecular formula is C14H15NO3S. The average Bonchev–Trinajstić information content (AvgIpc) is 2.77. The maximum Gasteiger partial charge on any atom is 0.306 e. The van der Waals surface area contributed by atoms with Gasteiger partial charge in [0.15, 0.2) is 0 Å². The third-order valence-corrected chi connectivity index (χ3v) is 5.06. The van der Waals surface area contributed by atoms with Crippen LogP contribution in [0.25, 0.3) is 10.1 Å². The van der Waals surface area contributed by atoms with Gasteiger partial charge in [0.1, 0.15) is 0 Å². The van der Waals surface area contributed by atoms with Crippen molar-refractivity contribution in [3.8, 4) is 0 Å². The van der Waals surface area contributed by atoms with E-state index in [4.69, 9.17) is 5.11 Å². The molecule has 1 aliphatic rings. The second-order valence-electron chi connectivity index (χ2n) is 5.07. The van der Waals surface area contributed by atoms with Crippen LogP contribution in [0.4, 0.5) is 0 Å². The maximum atomic E-state index is 12.3. The topological polar surface area (TPSA) is 59.3 Å². The summed E-state index contributed by atoms with van der Waals surface area (Å²) in [6.07, 6.45) is 3.08. The average molecular weight is 277 g/mol. The van der Waals surface area contributed by atoms with Crippen molar-refractivity contribution in [2.24, 2.45) is 5.92 Å². The standard InChI is InChI=1S/C14H15NO3S/c16-13-11-6-1-2-7-12(11)19-15(13)10-5-3-4-9(8-10)14(17)18/h1-2,6-7,9-10H,3-5,8H2,(H,17,18). The van der Waals surface area contributed by atoms with Crippen LogP contribution in [0, 0.1) is 5.92 Å². The highest BCUT2D eigenvalue weighted by Gasteiger charge is 2.29. The Kier molecular flexibility index (Phi) is 3.14. The van der Waals surface area contributed by atoms with Crippen molar-refractivity contribution in [1.29, 1.82) is 0 Å². The highest BCUT2D eigenvalue weighted by molar-refractivity contribution is 7.13. The van der Waals surface area contributed by atoms with Crippen LogP contribution in [0.5, 0.6) is 0 Å². The first kappa shape index (κ1) is 12.4. The molecule has 1 aromatic carbocycles. The van der Waals surface area contributed by atoms with Gasteiger partial charge in [0.05, 0.1) is 16.0 Å². The van der Waals surface area contributed by atoms with E-state index in [1.165, 1.54) is 11.5 Å². The van der Waals surface area contributed by atoms with E-state index in [2.05, 4.69) is 0 Å². The molecule has 2 unspecified atom stereocenters. The van der Waals surface area contributed by atoms with Gasteiger partial charge < -0.3 is 5.11 Å². The Balaban J connectivity index is 1.98. The number of aromatic nitrogens is 1. The van der Waals surface area contributed by atoms with E-state index in [1.54, 1.807) is 3.96 Å². The minimum atomic E-state index is -0.737. The van der Waals surface area contributed by atoms with Gasteiger partial charge in [-0.1, -0.05) is 30.1 Å². The summed E-state index contributed by atoms with van der Waals surface area (Å²) < 4.78 is 2.75. The molecule has 0 saturated heterocycles. The van der Waals surface area contributed by atoms with Gasteiger partial charge in [-0.25, -0.2) is 0 Å². The van der Waals surface area contributed by atoms with Crippen LogP contribution in [0.2, 0.25) is 0 Å². The highest BCUT2D eigenvalue weighted by atomic mass is 32.1. The SMILES string of the molecule is O=C(O)C1CCCC(n2sc3ccccc3c2=O)C1. The molecule has 1 N–H and O–H groups in total. The van der Waals surface area contributed by atoms with E-state index in [0.717, 1.165) is 29.3 Å². The molecule has 0 aliphatic heterocycles. The Morgan fingerprint density at radius 3 is 2.84 bits per heavy atom. The molecule has 0 spiro atoms. The van der Waals surface area contributed by atoms with Crippen LogP contribution in [-0.2, 0) is 4.79 Å². The number of nitrogens with zero attached hydrogens (tertiary/aromatic N) is 1. The summed E-state index contributed by atoms with van der Waals surface area (Å²) in [5.41, 5.74) is 0.0247. The number of carboxylic acid groups (broad SMARTS) is 1. The van der Waals surface area contributed by atoms with Crippen LogP contribution < -0.4 is 5.56 Å². The quantitative estimate of drug-likeness (QED) is 0.918. The molecule has 1 aliphatic carbocycles. The lowest BCUT2D eigenvalue weighted by atomic mass is 9.86. The summed E-state index contributed by atoms with van der Waals surface area (Å²) in [4.78, 5) is 23.4. The van der Waals surface area contributed by atoms with Crippen molar-refractivity contribution in [2.75, 3.05) is 0 Å². The first-order valence-corrected chi connectivity index (χ1v) is 7.27. The van der Waals surface area contributed by atoms with Gasteiger partial charge in [0.25, 0.3) is 5.56 Å². The summed E-state index contributed by atoms with van der Waals surface area (Å²) >= 11 is 1.46. The number of carboxylic acids is 1. The van der Waals surface area contributed by atoms with Crippen molar-refractivity contribution in [3.63, 3.8) is 0 Å². The fourth-order valence-electron chi connectivity index (χ4n) is 2.83. The van der Waals surface area contributed by atoms with Crippen molar-refractivity contribution in [1.82, 2.24) is 3.96 Å². The lowest BCUT2D eigenvalue weighted by Gasteiger charge is -2.26. The van der Waals surface area contributed by atoms with Gasteiger partial charge in [-0.3, -0.25) is 13.5 Å². The van der Waals surface area contributed by atoms with Crippen LogP contribution in [0.15, 0.2) is 29.1 Å². The second kappa shape index (κ2) is 4.81. The molecule has 100 valence electrons. The fourth-order valence-corrected chi connectivity index (χ4v) is 3.96. The number of fused-ring (bicyclic) bond motifs is 1. The molecule has 2 aromatic rings. The van der Waals surface area contributed by atoms with Gasteiger partial charge in [-0.2, -0.15) is 0 Å². The first-order chi connectivity index (χ1) is 9.16. The Hall–Kier alpha value is -1.62. The summed E-state index contributed by atoms with van der Waals surface area (Å²) in [6.45, 7) is 0. The Labute approximate surface area is 114 Å². The number of benzene rings is 1. The van der Waals surface area contributed by atoms with E-state index >= 15 is 0 Å². The number of aliphatic carboxylic acids is 1. The Bertz CT molecular complexity index is 673. The molecule has 1 heterocycles. The molecule has 5 heteroatoms. The van der Waals surface area contributed by atoms with Crippen LogP contribution in [0.1, 0.15) is 31.7 Å². The molecule has 3 rings (SSSR count). The maximum absolute atomic E-state index is 12.3. The molecule has 1 saturated carbocycles. The summed E-state index contributed by atoms with van der Waals surface area (Å²) in [5, 5.41) is 9.87. The summed E-state index contributed by atoms with van der Waals surface area (Å²) in [5.74, 6) is -1.05. The predicted molar refractivity (Wildman–Crippen MR) is 74.7 cm³/mol. The predicted octanol–water partition coefficient (Wildman–Crippen LogP) is 2.88. The second-order valence-corrected chi connectivity index (χ2v) is 6.09. The van der Waals surface area contributed by atoms with Gasteiger partial charge >= 0.3 is 5.97 Å². The molecule has 4 nitrogen and oxygen atoms in total. The van der Waals surface area contributed by atoms with Crippen LogP contribution >= 0.6 is 11.5 Å². The molecule has 0 radical (unpaired) electrons. The van der Waals surface area contributed by atoms with E-state index < -0.39 is 5.97 Å². The van der Waals surface area contributed by atoms with Crippen molar-refractivity contribution in [2.45, 2.75) is 31.7 Å². The van der Waals surface area contributed by atoms with Gasteiger partial charge in [-0.15, -0.1) is 0 Å². The Morgan fingerprint density at radius 2 is 2.11 bits per heavy atom. The van der Waals surface area contributed by atoms with Crippen molar-refractivity contribution >= 4 is 27.6 Å². The van der Waals surface area contributed by atoms with Gasteiger partial charge in [0, 0.05) is 6.04 Å². The lowest BCUT2D eigenvalue weighted by molar-refractivity contribution is -0.143. The van der Waals surface area contributed by atoms with E-state index in [-0.39, 0.29) is 17.5 Å². The number of rotatable bonds is 2. The third-order valence-electron chi connectivity index (χ3n) is 3.84. The lowest BCUT2D eigenvalue weighted by Crippen LogP contribution is -2.28. The first-order valence-electron chi connectivity index (χ1n) is 6.50. The minimum Gasteiger partial charge on any atom is -0.481 e. The number of hydrogen-bond acceptors (Lipinski definition) is 3. The smallest absolute Gasteiger partial charge is 0.306 e. The van der Waals surface area contributed by atoms with Crippen LogP contribution in [-0.4, -0.2) is 15.0 Å². The molecular weight excluding hydrogens is 262 g/mol. The highest BCUT2D eigenvalue weighted by Crippen LogP contribution is 2.34. The summed E-state index contributed by atoms with van der Waals surface area (Å²) in [6, 6.07) is 7.60. The molecule has 0 bridgehead atoms. The zero-order valence-electron chi connectivity index (χ0n) is 10.4. The summed E-state index contributed by atoms with van der Waals surface area (Å²) in [7, 11) is 0. The molecule has 19 heavy (non-hydrogen) atoms. The minimum absolute atomic E-state index is 0.0247. The number of hydrogen-bond donors (Lipinski definition) is 1. The van der Waals surface area contributed by atoms with Crippen molar-refractivity contribution < 1.29 is 9.90 Å². The van der Waals surface area contributed by atoms with Crippen molar-refractivity contribution in [3.05, 3.63) is 34.6 Å². The largest absolute Gasteiger partial charge is 0.481 e. The molecule has 0 amide bonds. The third kappa shape index (κ3) is 2.18. The molecule has 1 fully saturated rings. The zero-order valence-corrected chi connectivity index (χ0v) is 11.2. The molecule has 2 atom stereocenters. The fraction of sp³-hybridized carbons (Fsp3) is 0.429.